The van der Waals surface area contributed by atoms with Crippen LogP contribution in [-0.2, 0) is 9.59 Å². The predicted octanol–water partition coefficient (Wildman–Crippen LogP) is 2.43. The quantitative estimate of drug-likeness (QED) is 0.833. The molecule has 24 heavy (non-hydrogen) atoms. The monoisotopic (exact) mass is 332 g/mol. The molecule has 0 radical (unpaired) electrons. The van der Waals surface area contributed by atoms with E-state index in [1.807, 2.05) is 18.7 Å². The Bertz CT molecular complexity index is 627. The van der Waals surface area contributed by atoms with Crippen molar-refractivity contribution in [1.82, 2.24) is 4.90 Å². The minimum atomic E-state index is -0.278. The van der Waals surface area contributed by atoms with Crippen molar-refractivity contribution in [2.45, 2.75) is 39.2 Å². The molecule has 6 nitrogen and oxygen atoms in total. The van der Waals surface area contributed by atoms with Gasteiger partial charge in [-0.25, -0.2) is 0 Å². The molecule has 1 aromatic rings. The number of carbonyl (C=O) groups excluding carboxylic acids is 2. The van der Waals surface area contributed by atoms with Gasteiger partial charge in [-0.05, 0) is 38.8 Å². The maximum absolute atomic E-state index is 12.5. The van der Waals surface area contributed by atoms with Gasteiger partial charge in [0.2, 0.25) is 11.8 Å². The van der Waals surface area contributed by atoms with Gasteiger partial charge in [0.05, 0.1) is 19.1 Å². The van der Waals surface area contributed by atoms with Crippen molar-refractivity contribution in [3.8, 4) is 11.5 Å². The van der Waals surface area contributed by atoms with Crippen LogP contribution >= 0.6 is 0 Å². The molecule has 130 valence electrons. The summed E-state index contributed by atoms with van der Waals surface area (Å²) in [6.07, 6.45) is 2.44. The van der Waals surface area contributed by atoms with Gasteiger partial charge in [-0.2, -0.15) is 0 Å². The van der Waals surface area contributed by atoms with Crippen LogP contribution < -0.4 is 14.8 Å². The minimum absolute atomic E-state index is 0.0966. The zero-order valence-electron chi connectivity index (χ0n) is 14.2. The SMILES string of the molecule is CCOc1ccc(NC(=O)[C@@H]2CC(=O)N(C3CC3)C2)cc1OCC. The molecule has 0 unspecified atom stereocenters. The summed E-state index contributed by atoms with van der Waals surface area (Å²) >= 11 is 0. The van der Waals surface area contributed by atoms with E-state index in [4.69, 9.17) is 9.47 Å². The molecule has 1 aromatic carbocycles. The Morgan fingerprint density at radius 1 is 1.21 bits per heavy atom. The summed E-state index contributed by atoms with van der Waals surface area (Å²) in [7, 11) is 0. The lowest BCUT2D eigenvalue weighted by Crippen LogP contribution is -2.29. The van der Waals surface area contributed by atoms with Crippen molar-refractivity contribution in [2.75, 3.05) is 25.1 Å². The molecule has 6 heteroatoms. The molecule has 1 aliphatic heterocycles. The number of likely N-dealkylation sites (tertiary alicyclic amines) is 1. The van der Waals surface area contributed by atoms with E-state index in [0.717, 1.165) is 12.8 Å². The van der Waals surface area contributed by atoms with Gasteiger partial charge in [-0.1, -0.05) is 0 Å². The third kappa shape index (κ3) is 3.63. The van der Waals surface area contributed by atoms with E-state index in [9.17, 15) is 9.59 Å². The van der Waals surface area contributed by atoms with E-state index in [2.05, 4.69) is 5.32 Å². The number of carbonyl (C=O) groups is 2. The third-order valence-corrected chi connectivity index (χ3v) is 4.33. The largest absolute Gasteiger partial charge is 0.490 e. The van der Waals surface area contributed by atoms with Gasteiger partial charge in [-0.3, -0.25) is 9.59 Å². The molecule has 2 fully saturated rings. The molecule has 3 rings (SSSR count). The zero-order valence-corrected chi connectivity index (χ0v) is 14.2. The second kappa shape index (κ2) is 7.11. The lowest BCUT2D eigenvalue weighted by molar-refractivity contribution is -0.128. The number of rotatable bonds is 7. The summed E-state index contributed by atoms with van der Waals surface area (Å²) in [5, 5.41) is 2.90. The van der Waals surface area contributed by atoms with E-state index >= 15 is 0 Å². The van der Waals surface area contributed by atoms with Crippen molar-refractivity contribution in [2.24, 2.45) is 5.92 Å². The highest BCUT2D eigenvalue weighted by molar-refractivity contribution is 5.97. The molecule has 1 aliphatic carbocycles. The van der Waals surface area contributed by atoms with E-state index in [0.29, 0.717) is 49.4 Å². The molecule has 0 bridgehead atoms. The highest BCUT2D eigenvalue weighted by Gasteiger charge is 2.41. The number of benzene rings is 1. The Morgan fingerprint density at radius 2 is 1.92 bits per heavy atom. The van der Waals surface area contributed by atoms with Crippen molar-refractivity contribution in [3.63, 3.8) is 0 Å². The molecular formula is C18H24N2O4. The van der Waals surface area contributed by atoms with Crippen LogP contribution in [0.15, 0.2) is 18.2 Å². The normalized spacial score (nSPS) is 20.2. The first-order chi connectivity index (χ1) is 11.6. The van der Waals surface area contributed by atoms with Gasteiger partial charge in [0, 0.05) is 30.8 Å². The van der Waals surface area contributed by atoms with Crippen LogP contribution in [0.1, 0.15) is 33.1 Å². The Labute approximate surface area is 142 Å². The van der Waals surface area contributed by atoms with Crippen molar-refractivity contribution < 1.29 is 19.1 Å². The maximum Gasteiger partial charge on any atom is 0.229 e. The van der Waals surface area contributed by atoms with Crippen molar-refractivity contribution in [3.05, 3.63) is 18.2 Å². The highest BCUT2D eigenvalue weighted by Crippen LogP contribution is 2.34. The van der Waals surface area contributed by atoms with Gasteiger partial charge in [-0.15, -0.1) is 0 Å². The average Bonchev–Trinajstić information content (AvgIpc) is 3.32. The third-order valence-electron chi connectivity index (χ3n) is 4.33. The van der Waals surface area contributed by atoms with Gasteiger partial charge in [0.1, 0.15) is 0 Å². The summed E-state index contributed by atoms with van der Waals surface area (Å²) in [5.41, 5.74) is 0.657. The Balaban J connectivity index is 1.65. The minimum Gasteiger partial charge on any atom is -0.490 e. The van der Waals surface area contributed by atoms with Crippen molar-refractivity contribution in [1.29, 1.82) is 0 Å². The van der Waals surface area contributed by atoms with Crippen LogP contribution in [0.25, 0.3) is 0 Å². The van der Waals surface area contributed by atoms with Gasteiger partial charge >= 0.3 is 0 Å². The summed E-state index contributed by atoms with van der Waals surface area (Å²) in [4.78, 5) is 26.3. The van der Waals surface area contributed by atoms with Crippen LogP contribution in [0.5, 0.6) is 11.5 Å². The first-order valence-corrected chi connectivity index (χ1v) is 8.62. The van der Waals surface area contributed by atoms with Crippen LogP contribution in [0.3, 0.4) is 0 Å². The van der Waals surface area contributed by atoms with Crippen LogP contribution in [0.4, 0.5) is 5.69 Å². The number of hydrogen-bond acceptors (Lipinski definition) is 4. The summed E-state index contributed by atoms with van der Waals surface area (Å²) < 4.78 is 11.1. The number of nitrogens with zero attached hydrogens (tertiary/aromatic N) is 1. The van der Waals surface area contributed by atoms with Gasteiger partial charge in [0.25, 0.3) is 0 Å². The molecule has 0 aromatic heterocycles. The fourth-order valence-electron chi connectivity index (χ4n) is 3.02. The number of amides is 2. The predicted molar refractivity (Wildman–Crippen MR) is 90.3 cm³/mol. The smallest absolute Gasteiger partial charge is 0.229 e. The van der Waals surface area contributed by atoms with Gasteiger partial charge in [0.15, 0.2) is 11.5 Å². The number of hydrogen-bond donors (Lipinski definition) is 1. The number of nitrogens with one attached hydrogen (secondary N) is 1. The molecule has 1 saturated carbocycles. The summed E-state index contributed by atoms with van der Waals surface area (Å²) in [6, 6.07) is 5.72. The van der Waals surface area contributed by atoms with Crippen LogP contribution in [0, 0.1) is 5.92 Å². The first-order valence-electron chi connectivity index (χ1n) is 8.62. The molecule has 1 saturated heterocycles. The standard InChI is InChI=1S/C18H24N2O4/c1-3-23-15-8-5-13(10-16(15)24-4-2)19-18(22)12-9-17(21)20(11-12)14-6-7-14/h5,8,10,12,14H,3-4,6-7,9,11H2,1-2H3,(H,19,22)/t12-/m1/s1. The van der Waals surface area contributed by atoms with E-state index < -0.39 is 0 Å². The van der Waals surface area contributed by atoms with Crippen LogP contribution in [0.2, 0.25) is 0 Å². The molecule has 1 heterocycles. The molecule has 0 spiro atoms. The average molecular weight is 332 g/mol. The molecular weight excluding hydrogens is 308 g/mol. The second-order valence-corrected chi connectivity index (χ2v) is 6.20. The van der Waals surface area contributed by atoms with Crippen molar-refractivity contribution >= 4 is 17.5 Å². The number of ether oxygens (including phenoxy) is 2. The van der Waals surface area contributed by atoms with E-state index in [1.54, 1.807) is 18.2 Å². The van der Waals surface area contributed by atoms with E-state index in [1.165, 1.54) is 0 Å². The Kier molecular flexibility index (Phi) is 4.92. The summed E-state index contributed by atoms with van der Waals surface area (Å²) in [6.45, 7) is 5.41. The number of anilines is 1. The fourth-order valence-corrected chi connectivity index (χ4v) is 3.02. The highest BCUT2D eigenvalue weighted by atomic mass is 16.5. The Hall–Kier alpha value is -2.24. The lowest BCUT2D eigenvalue weighted by Gasteiger charge is -2.16. The maximum atomic E-state index is 12.5. The molecule has 2 aliphatic rings. The fraction of sp³-hybridized carbons (Fsp3) is 0.556. The molecule has 2 amide bonds. The topological polar surface area (TPSA) is 67.9 Å². The summed E-state index contributed by atoms with van der Waals surface area (Å²) in [5.74, 6) is 0.977. The zero-order chi connectivity index (χ0) is 17.1. The lowest BCUT2D eigenvalue weighted by atomic mass is 10.1. The molecule has 1 atom stereocenters. The van der Waals surface area contributed by atoms with Crippen LogP contribution in [-0.4, -0.2) is 42.5 Å². The second-order valence-electron chi connectivity index (χ2n) is 6.20. The first kappa shape index (κ1) is 16.6. The molecule has 1 N–H and O–H groups in total. The van der Waals surface area contributed by atoms with E-state index in [-0.39, 0.29) is 17.7 Å². The van der Waals surface area contributed by atoms with Gasteiger partial charge < -0.3 is 19.7 Å². The Morgan fingerprint density at radius 3 is 2.58 bits per heavy atom.